The van der Waals surface area contributed by atoms with E-state index in [4.69, 9.17) is 4.42 Å². The van der Waals surface area contributed by atoms with E-state index < -0.39 is 0 Å². The van der Waals surface area contributed by atoms with E-state index >= 15 is 0 Å². The number of aryl methyl sites for hydroxylation is 2. The minimum Gasteiger partial charge on any atom is -0.428 e. The standard InChI is InChI=1S/C12H18O2/c1-4-6-7-10-8-12(13)14-9(3)11(10)5-2/h8H,4-7H2,1-3H3. The predicted molar refractivity (Wildman–Crippen MR) is 57.7 cm³/mol. The molecule has 0 radical (unpaired) electrons. The molecule has 0 amide bonds. The fourth-order valence-corrected chi connectivity index (χ4v) is 1.76. The van der Waals surface area contributed by atoms with Gasteiger partial charge in [-0.15, -0.1) is 0 Å². The Kier molecular flexibility index (Phi) is 3.93. The van der Waals surface area contributed by atoms with E-state index in [0.29, 0.717) is 0 Å². The molecule has 0 unspecified atom stereocenters. The number of unbranched alkanes of at least 4 members (excludes halogenated alkanes) is 1. The van der Waals surface area contributed by atoms with Gasteiger partial charge in [0.2, 0.25) is 0 Å². The van der Waals surface area contributed by atoms with E-state index in [0.717, 1.165) is 31.4 Å². The van der Waals surface area contributed by atoms with Crippen LogP contribution in [0, 0.1) is 6.92 Å². The Balaban J connectivity index is 3.05. The maximum Gasteiger partial charge on any atom is 0.336 e. The number of hydrogen-bond donors (Lipinski definition) is 0. The van der Waals surface area contributed by atoms with Gasteiger partial charge in [0.15, 0.2) is 0 Å². The molecule has 0 atom stereocenters. The molecule has 1 aromatic heterocycles. The second-order valence-corrected chi connectivity index (χ2v) is 3.58. The van der Waals surface area contributed by atoms with Gasteiger partial charge in [0.05, 0.1) is 0 Å². The summed E-state index contributed by atoms with van der Waals surface area (Å²) in [6, 6.07) is 1.64. The quantitative estimate of drug-likeness (QED) is 0.737. The molecule has 0 aliphatic rings. The SMILES string of the molecule is CCCCc1cc(=O)oc(C)c1CC. The maximum atomic E-state index is 11.2. The smallest absolute Gasteiger partial charge is 0.336 e. The van der Waals surface area contributed by atoms with E-state index in [1.807, 2.05) is 6.92 Å². The Morgan fingerprint density at radius 2 is 2.07 bits per heavy atom. The molecule has 1 aromatic rings. The third-order valence-corrected chi connectivity index (χ3v) is 2.51. The highest BCUT2D eigenvalue weighted by atomic mass is 16.4. The molecule has 0 N–H and O–H groups in total. The Labute approximate surface area is 85.0 Å². The Bertz CT molecular complexity index is 350. The van der Waals surface area contributed by atoms with Crippen LogP contribution < -0.4 is 5.63 Å². The van der Waals surface area contributed by atoms with Crippen LogP contribution in [0.1, 0.15) is 43.6 Å². The molecule has 1 heterocycles. The second-order valence-electron chi connectivity index (χ2n) is 3.58. The first-order valence-electron chi connectivity index (χ1n) is 5.31. The molecule has 0 aliphatic heterocycles. The van der Waals surface area contributed by atoms with Crippen LogP contribution in [0.3, 0.4) is 0 Å². The summed E-state index contributed by atoms with van der Waals surface area (Å²) in [6.45, 7) is 6.12. The molecule has 0 bridgehead atoms. The summed E-state index contributed by atoms with van der Waals surface area (Å²) in [6.07, 6.45) is 4.22. The normalized spacial score (nSPS) is 10.5. The monoisotopic (exact) mass is 194 g/mol. The Morgan fingerprint density at radius 1 is 1.36 bits per heavy atom. The first-order valence-corrected chi connectivity index (χ1v) is 5.31. The van der Waals surface area contributed by atoms with Crippen molar-refractivity contribution >= 4 is 0 Å². The van der Waals surface area contributed by atoms with Crippen LogP contribution in [-0.2, 0) is 12.8 Å². The molecular formula is C12H18O2. The minimum atomic E-state index is -0.217. The molecule has 1 rings (SSSR count). The van der Waals surface area contributed by atoms with Crippen LogP contribution in [0.5, 0.6) is 0 Å². The highest BCUT2D eigenvalue weighted by molar-refractivity contribution is 5.27. The lowest BCUT2D eigenvalue weighted by Crippen LogP contribution is -2.06. The van der Waals surface area contributed by atoms with Gasteiger partial charge in [-0.3, -0.25) is 0 Å². The average molecular weight is 194 g/mol. The summed E-state index contributed by atoms with van der Waals surface area (Å²) in [5.41, 5.74) is 2.16. The van der Waals surface area contributed by atoms with Crippen LogP contribution in [0.15, 0.2) is 15.3 Å². The first-order chi connectivity index (χ1) is 6.69. The number of hydrogen-bond acceptors (Lipinski definition) is 2. The zero-order chi connectivity index (χ0) is 10.6. The Morgan fingerprint density at radius 3 is 2.64 bits per heavy atom. The van der Waals surface area contributed by atoms with E-state index in [1.54, 1.807) is 6.07 Å². The van der Waals surface area contributed by atoms with Gasteiger partial charge in [0, 0.05) is 6.07 Å². The fraction of sp³-hybridized carbons (Fsp3) is 0.583. The molecule has 2 heteroatoms. The molecular weight excluding hydrogens is 176 g/mol. The third kappa shape index (κ3) is 2.47. The van der Waals surface area contributed by atoms with E-state index in [1.165, 1.54) is 11.1 Å². The van der Waals surface area contributed by atoms with Gasteiger partial charge in [0.25, 0.3) is 0 Å². The summed E-state index contributed by atoms with van der Waals surface area (Å²) in [4.78, 5) is 11.2. The second kappa shape index (κ2) is 4.99. The lowest BCUT2D eigenvalue weighted by molar-refractivity contribution is 0.469. The zero-order valence-corrected chi connectivity index (χ0v) is 9.22. The maximum absolute atomic E-state index is 11.2. The molecule has 0 fully saturated rings. The van der Waals surface area contributed by atoms with Crippen molar-refractivity contribution in [3.8, 4) is 0 Å². The largest absolute Gasteiger partial charge is 0.428 e. The summed E-state index contributed by atoms with van der Waals surface area (Å²) >= 11 is 0. The van der Waals surface area contributed by atoms with Crippen molar-refractivity contribution in [2.75, 3.05) is 0 Å². The highest BCUT2D eigenvalue weighted by Gasteiger charge is 2.07. The van der Waals surface area contributed by atoms with Gasteiger partial charge in [-0.05, 0) is 37.3 Å². The van der Waals surface area contributed by atoms with Gasteiger partial charge >= 0.3 is 5.63 Å². The summed E-state index contributed by atoms with van der Waals surface area (Å²) < 4.78 is 5.06. The van der Waals surface area contributed by atoms with Crippen LogP contribution in [0.4, 0.5) is 0 Å². The average Bonchev–Trinajstić information content (AvgIpc) is 2.14. The number of rotatable bonds is 4. The molecule has 14 heavy (non-hydrogen) atoms. The van der Waals surface area contributed by atoms with E-state index in [9.17, 15) is 4.79 Å². The van der Waals surface area contributed by atoms with Gasteiger partial charge in [-0.1, -0.05) is 20.3 Å². The van der Waals surface area contributed by atoms with E-state index in [-0.39, 0.29) is 5.63 Å². The van der Waals surface area contributed by atoms with Crippen LogP contribution in [0.25, 0.3) is 0 Å². The van der Waals surface area contributed by atoms with Gasteiger partial charge in [-0.25, -0.2) is 4.79 Å². The first kappa shape index (κ1) is 11.0. The Hall–Kier alpha value is -1.05. The third-order valence-electron chi connectivity index (χ3n) is 2.51. The molecule has 0 aromatic carbocycles. The van der Waals surface area contributed by atoms with Crippen LogP contribution in [0.2, 0.25) is 0 Å². The van der Waals surface area contributed by atoms with Crippen molar-refractivity contribution in [1.29, 1.82) is 0 Å². The molecule has 0 spiro atoms. The van der Waals surface area contributed by atoms with Gasteiger partial charge in [0.1, 0.15) is 5.76 Å². The zero-order valence-electron chi connectivity index (χ0n) is 9.22. The molecule has 78 valence electrons. The van der Waals surface area contributed by atoms with Crippen molar-refractivity contribution in [2.45, 2.75) is 46.5 Å². The van der Waals surface area contributed by atoms with Crippen molar-refractivity contribution in [3.05, 3.63) is 33.4 Å². The van der Waals surface area contributed by atoms with Crippen LogP contribution in [-0.4, -0.2) is 0 Å². The van der Waals surface area contributed by atoms with Crippen LogP contribution >= 0.6 is 0 Å². The molecule has 2 nitrogen and oxygen atoms in total. The summed E-state index contributed by atoms with van der Waals surface area (Å²) in [5.74, 6) is 0.783. The van der Waals surface area contributed by atoms with E-state index in [2.05, 4.69) is 13.8 Å². The molecule has 0 saturated carbocycles. The molecule has 0 saturated heterocycles. The highest BCUT2D eigenvalue weighted by Crippen LogP contribution is 2.14. The van der Waals surface area contributed by atoms with Crippen molar-refractivity contribution in [1.82, 2.24) is 0 Å². The topological polar surface area (TPSA) is 30.2 Å². The molecule has 0 aliphatic carbocycles. The fourth-order valence-electron chi connectivity index (χ4n) is 1.76. The summed E-state index contributed by atoms with van der Waals surface area (Å²) in [5, 5.41) is 0. The van der Waals surface area contributed by atoms with Crippen molar-refractivity contribution in [2.24, 2.45) is 0 Å². The lowest BCUT2D eigenvalue weighted by atomic mass is 10.0. The van der Waals surface area contributed by atoms with Gasteiger partial charge < -0.3 is 4.42 Å². The van der Waals surface area contributed by atoms with Gasteiger partial charge in [-0.2, -0.15) is 0 Å². The van der Waals surface area contributed by atoms with Crippen molar-refractivity contribution in [3.63, 3.8) is 0 Å². The minimum absolute atomic E-state index is 0.217. The summed E-state index contributed by atoms with van der Waals surface area (Å²) in [7, 11) is 0. The van der Waals surface area contributed by atoms with Crippen molar-refractivity contribution < 1.29 is 4.42 Å². The lowest BCUT2D eigenvalue weighted by Gasteiger charge is -2.08. The predicted octanol–water partition coefficient (Wildman–Crippen LogP) is 2.85.